The highest BCUT2D eigenvalue weighted by atomic mass is 19.1. The Morgan fingerprint density at radius 2 is 2.00 bits per heavy atom. The zero-order chi connectivity index (χ0) is 22.0. The molecule has 3 aromatic heterocycles. The van der Waals surface area contributed by atoms with Crippen molar-refractivity contribution in [3.05, 3.63) is 72.2 Å². The minimum absolute atomic E-state index is 0.00118. The molecule has 160 valence electrons. The predicted octanol–water partition coefficient (Wildman–Crippen LogP) is 2.25. The van der Waals surface area contributed by atoms with E-state index in [2.05, 4.69) is 19.9 Å². The molecule has 31 heavy (non-hydrogen) atoms. The molecule has 7 nitrogen and oxygen atoms in total. The molecule has 0 spiro atoms. The summed E-state index contributed by atoms with van der Waals surface area (Å²) in [4.78, 5) is 27.5. The van der Waals surface area contributed by atoms with E-state index in [0.29, 0.717) is 18.7 Å². The molecule has 8 heteroatoms. The molecule has 4 heterocycles. The Bertz CT molecular complexity index is 1070. The summed E-state index contributed by atoms with van der Waals surface area (Å²) in [6.45, 7) is 3.06. The fourth-order valence-corrected chi connectivity index (χ4v) is 3.94. The van der Waals surface area contributed by atoms with E-state index in [1.807, 2.05) is 13.0 Å². The molecule has 0 aromatic carbocycles. The molecule has 0 unspecified atom stereocenters. The summed E-state index contributed by atoms with van der Waals surface area (Å²) in [5.74, 6) is -0.753. The number of nitrogens with zero attached hydrogens (tertiary/aromatic N) is 4. The lowest BCUT2D eigenvalue weighted by molar-refractivity contribution is 0.0784. The molecule has 3 atom stereocenters. The lowest BCUT2D eigenvalue weighted by Crippen LogP contribution is -2.55. The molecule has 1 aliphatic rings. The van der Waals surface area contributed by atoms with Crippen LogP contribution in [0.2, 0.25) is 0 Å². The second kappa shape index (κ2) is 8.87. The van der Waals surface area contributed by atoms with E-state index in [0.717, 1.165) is 11.3 Å². The molecule has 1 saturated heterocycles. The van der Waals surface area contributed by atoms with E-state index < -0.39 is 11.9 Å². The largest absolute Gasteiger partial charge is 0.391 e. The van der Waals surface area contributed by atoms with Gasteiger partial charge in [0.2, 0.25) is 0 Å². The molecule has 3 aromatic rings. The number of nitrogens with two attached hydrogens (primary N) is 1. The molecule has 0 bridgehead atoms. The number of rotatable bonds is 5. The first kappa shape index (κ1) is 21.0. The summed E-state index contributed by atoms with van der Waals surface area (Å²) in [7, 11) is 0. The first-order valence-corrected chi connectivity index (χ1v) is 10.2. The molecule has 0 radical (unpaired) electrons. The number of ketones is 1. The molecule has 1 fully saturated rings. The van der Waals surface area contributed by atoms with Crippen LogP contribution in [0.5, 0.6) is 0 Å². The van der Waals surface area contributed by atoms with Crippen molar-refractivity contribution in [1.82, 2.24) is 15.0 Å². The molecule has 0 amide bonds. The highest BCUT2D eigenvalue weighted by Gasteiger charge is 2.32. The Kier molecular flexibility index (Phi) is 6.01. The van der Waals surface area contributed by atoms with Crippen LogP contribution >= 0.6 is 0 Å². The molecule has 1 aliphatic heterocycles. The van der Waals surface area contributed by atoms with Crippen LogP contribution in [-0.4, -0.2) is 51.1 Å². The number of Topliss-reactive ketones (excluding diaryl/α,β-unsaturated/α-hetero) is 1. The number of halogens is 1. The molecule has 4 rings (SSSR count). The van der Waals surface area contributed by atoms with Gasteiger partial charge in [-0.15, -0.1) is 0 Å². The normalized spacial score (nSPS) is 21.2. The summed E-state index contributed by atoms with van der Waals surface area (Å²) in [5.41, 5.74) is 8.46. The molecule has 3 N–H and O–H groups in total. The standard InChI is InChI=1S/C23H24FN5O2/c1-14-12-29(13-18(25)23(14)31)20-6-8-27-11-16(20)9-21(30)19-5-4-17(24)22(28-19)15-3-2-7-26-10-15/h2-8,10-11,14,18,23,31H,9,12-13,25H2,1H3/t14-,18+,23+/m0/s1. The van der Waals surface area contributed by atoms with E-state index in [9.17, 15) is 14.3 Å². The number of piperidine rings is 1. The maximum absolute atomic E-state index is 14.3. The van der Waals surface area contributed by atoms with Gasteiger partial charge in [0.1, 0.15) is 17.2 Å². The Hall–Kier alpha value is -3.23. The third-order valence-electron chi connectivity index (χ3n) is 5.60. The van der Waals surface area contributed by atoms with E-state index in [-0.39, 0.29) is 35.6 Å². The maximum Gasteiger partial charge on any atom is 0.185 e. The van der Waals surface area contributed by atoms with Crippen molar-refractivity contribution in [2.24, 2.45) is 11.7 Å². The number of carbonyl (C=O) groups is 1. The van der Waals surface area contributed by atoms with Gasteiger partial charge in [-0.25, -0.2) is 9.37 Å². The zero-order valence-corrected chi connectivity index (χ0v) is 17.1. The van der Waals surface area contributed by atoms with Gasteiger partial charge in [-0.1, -0.05) is 6.92 Å². The Morgan fingerprint density at radius 1 is 1.19 bits per heavy atom. The zero-order valence-electron chi connectivity index (χ0n) is 17.1. The Balaban J connectivity index is 1.59. The monoisotopic (exact) mass is 421 g/mol. The molecular weight excluding hydrogens is 397 g/mol. The number of aliphatic hydroxyl groups is 1. The number of hydrogen-bond acceptors (Lipinski definition) is 7. The van der Waals surface area contributed by atoms with Crippen molar-refractivity contribution < 1.29 is 14.3 Å². The van der Waals surface area contributed by atoms with Crippen LogP contribution in [0.25, 0.3) is 11.3 Å². The van der Waals surface area contributed by atoms with Gasteiger partial charge in [0.05, 0.1) is 6.10 Å². The van der Waals surface area contributed by atoms with Crippen LogP contribution in [0.4, 0.5) is 10.1 Å². The third-order valence-corrected chi connectivity index (χ3v) is 5.60. The highest BCUT2D eigenvalue weighted by molar-refractivity contribution is 5.97. The van der Waals surface area contributed by atoms with Crippen molar-refractivity contribution in [2.45, 2.75) is 25.5 Å². The number of pyridine rings is 3. The number of anilines is 1. The van der Waals surface area contributed by atoms with E-state index >= 15 is 0 Å². The highest BCUT2D eigenvalue weighted by Crippen LogP contribution is 2.27. The quantitative estimate of drug-likeness (QED) is 0.609. The minimum atomic E-state index is -0.558. The number of aromatic nitrogens is 3. The van der Waals surface area contributed by atoms with Crippen LogP contribution in [0.3, 0.4) is 0 Å². The average Bonchev–Trinajstić information content (AvgIpc) is 2.78. The van der Waals surface area contributed by atoms with Crippen molar-refractivity contribution in [3.63, 3.8) is 0 Å². The van der Waals surface area contributed by atoms with Gasteiger partial charge in [0, 0.05) is 73.1 Å². The van der Waals surface area contributed by atoms with Crippen LogP contribution < -0.4 is 10.6 Å². The van der Waals surface area contributed by atoms with Gasteiger partial charge < -0.3 is 15.7 Å². The summed E-state index contributed by atoms with van der Waals surface area (Å²) in [6.07, 6.45) is 5.93. The SMILES string of the molecule is C[C@H]1CN(c2ccncc2CC(=O)c2ccc(F)c(-c3cccnc3)n2)C[C@@H](N)[C@@H]1O. The second-order valence-electron chi connectivity index (χ2n) is 7.91. The van der Waals surface area contributed by atoms with Crippen LogP contribution in [0.15, 0.2) is 55.1 Å². The van der Waals surface area contributed by atoms with Gasteiger partial charge in [0.25, 0.3) is 0 Å². The molecular formula is C23H24FN5O2. The van der Waals surface area contributed by atoms with Gasteiger partial charge in [0.15, 0.2) is 5.78 Å². The van der Waals surface area contributed by atoms with E-state index in [4.69, 9.17) is 5.73 Å². The van der Waals surface area contributed by atoms with E-state index in [1.54, 1.807) is 30.7 Å². The first-order valence-electron chi connectivity index (χ1n) is 10.2. The van der Waals surface area contributed by atoms with Crippen molar-refractivity contribution >= 4 is 11.5 Å². The molecule has 0 saturated carbocycles. The number of aliphatic hydroxyl groups excluding tert-OH is 1. The summed E-state index contributed by atoms with van der Waals surface area (Å²) >= 11 is 0. The van der Waals surface area contributed by atoms with Gasteiger partial charge in [-0.3, -0.25) is 14.8 Å². The topological polar surface area (TPSA) is 105 Å². The number of carbonyl (C=O) groups excluding carboxylic acids is 1. The predicted molar refractivity (Wildman–Crippen MR) is 115 cm³/mol. The maximum atomic E-state index is 14.3. The first-order chi connectivity index (χ1) is 14.9. The lowest BCUT2D eigenvalue weighted by Gasteiger charge is -2.40. The van der Waals surface area contributed by atoms with Crippen molar-refractivity contribution in [1.29, 1.82) is 0 Å². The summed E-state index contributed by atoms with van der Waals surface area (Å²) in [6, 6.07) is 7.50. The Morgan fingerprint density at radius 3 is 2.74 bits per heavy atom. The molecule has 0 aliphatic carbocycles. The lowest BCUT2D eigenvalue weighted by atomic mass is 9.92. The van der Waals surface area contributed by atoms with Crippen LogP contribution in [-0.2, 0) is 6.42 Å². The number of hydrogen-bond donors (Lipinski definition) is 2. The van der Waals surface area contributed by atoms with Crippen LogP contribution in [0.1, 0.15) is 23.0 Å². The van der Waals surface area contributed by atoms with Crippen molar-refractivity contribution in [2.75, 3.05) is 18.0 Å². The Labute approximate surface area is 179 Å². The summed E-state index contributed by atoms with van der Waals surface area (Å²) in [5, 5.41) is 10.2. The summed E-state index contributed by atoms with van der Waals surface area (Å²) < 4.78 is 14.3. The fraction of sp³-hybridized carbons (Fsp3) is 0.304. The van der Waals surface area contributed by atoms with Crippen molar-refractivity contribution in [3.8, 4) is 11.3 Å². The van der Waals surface area contributed by atoms with Gasteiger partial charge in [-0.05, 0) is 30.3 Å². The van der Waals surface area contributed by atoms with E-state index in [1.165, 1.54) is 18.3 Å². The minimum Gasteiger partial charge on any atom is -0.391 e. The third kappa shape index (κ3) is 4.45. The second-order valence-corrected chi connectivity index (χ2v) is 7.91. The fourth-order valence-electron chi connectivity index (χ4n) is 3.94. The average molecular weight is 421 g/mol. The van der Waals surface area contributed by atoms with Crippen LogP contribution in [0, 0.1) is 11.7 Å². The van der Waals surface area contributed by atoms with Gasteiger partial charge >= 0.3 is 0 Å². The van der Waals surface area contributed by atoms with Gasteiger partial charge in [-0.2, -0.15) is 0 Å². The smallest absolute Gasteiger partial charge is 0.185 e.